The lowest BCUT2D eigenvalue weighted by Gasteiger charge is -1.98. The summed E-state index contributed by atoms with van der Waals surface area (Å²) in [6.07, 6.45) is 4.49. The van der Waals surface area contributed by atoms with Gasteiger partial charge in [-0.05, 0) is 24.1 Å². The molecule has 1 N–H and O–H groups in total. The number of carbonyl (C=O) groups is 1. The highest BCUT2D eigenvalue weighted by molar-refractivity contribution is 5.67. The minimum Gasteiger partial charge on any atom is -0.497 e. The number of hydrogen-bond acceptors (Lipinski definition) is 2. The predicted octanol–water partition coefficient (Wildman–Crippen LogP) is 2.57. The van der Waals surface area contributed by atoms with Gasteiger partial charge in [-0.25, -0.2) is 0 Å². The first-order chi connectivity index (χ1) is 7.22. The maximum atomic E-state index is 10.2. The SMILES string of the molecule is COc1ccc(/C=C/CCC(=O)O)cc1. The van der Waals surface area contributed by atoms with E-state index in [1.165, 1.54) is 0 Å². The van der Waals surface area contributed by atoms with E-state index in [4.69, 9.17) is 9.84 Å². The van der Waals surface area contributed by atoms with Crippen LogP contribution in [-0.4, -0.2) is 18.2 Å². The molecule has 0 amide bonds. The zero-order valence-corrected chi connectivity index (χ0v) is 8.64. The molecule has 3 heteroatoms. The highest BCUT2D eigenvalue weighted by Gasteiger charge is 1.93. The van der Waals surface area contributed by atoms with Gasteiger partial charge in [-0.15, -0.1) is 0 Å². The molecule has 0 saturated heterocycles. The van der Waals surface area contributed by atoms with Gasteiger partial charge >= 0.3 is 5.97 Å². The van der Waals surface area contributed by atoms with Gasteiger partial charge in [0, 0.05) is 6.42 Å². The van der Waals surface area contributed by atoms with Crippen LogP contribution in [0.4, 0.5) is 0 Å². The monoisotopic (exact) mass is 206 g/mol. The molecule has 0 aliphatic carbocycles. The van der Waals surface area contributed by atoms with E-state index >= 15 is 0 Å². The van der Waals surface area contributed by atoms with Crippen molar-refractivity contribution in [3.8, 4) is 5.75 Å². The van der Waals surface area contributed by atoms with Crippen LogP contribution >= 0.6 is 0 Å². The first-order valence-electron chi connectivity index (χ1n) is 4.75. The van der Waals surface area contributed by atoms with Gasteiger partial charge < -0.3 is 9.84 Å². The largest absolute Gasteiger partial charge is 0.497 e. The quantitative estimate of drug-likeness (QED) is 0.805. The molecule has 1 rings (SSSR count). The highest BCUT2D eigenvalue weighted by atomic mass is 16.5. The predicted molar refractivity (Wildman–Crippen MR) is 58.9 cm³/mol. The summed E-state index contributed by atoms with van der Waals surface area (Å²) in [4.78, 5) is 10.2. The lowest BCUT2D eigenvalue weighted by molar-refractivity contribution is -0.136. The van der Waals surface area contributed by atoms with Gasteiger partial charge in [-0.2, -0.15) is 0 Å². The number of carboxylic acid groups (broad SMARTS) is 1. The van der Waals surface area contributed by atoms with Crippen LogP contribution in [0.5, 0.6) is 5.75 Å². The van der Waals surface area contributed by atoms with Crippen LogP contribution in [0.3, 0.4) is 0 Å². The summed E-state index contributed by atoms with van der Waals surface area (Å²) in [5.74, 6) is 0.0482. The van der Waals surface area contributed by atoms with E-state index < -0.39 is 5.97 Å². The Hall–Kier alpha value is -1.77. The number of methoxy groups -OCH3 is 1. The van der Waals surface area contributed by atoms with Gasteiger partial charge in [-0.1, -0.05) is 24.3 Å². The van der Waals surface area contributed by atoms with E-state index in [9.17, 15) is 4.79 Å². The molecule has 0 radical (unpaired) electrons. The van der Waals surface area contributed by atoms with Crippen LogP contribution < -0.4 is 4.74 Å². The number of carboxylic acids is 1. The molecule has 80 valence electrons. The zero-order valence-electron chi connectivity index (χ0n) is 8.64. The second-order valence-corrected chi connectivity index (χ2v) is 3.11. The topological polar surface area (TPSA) is 46.5 Å². The number of benzene rings is 1. The Morgan fingerprint density at radius 1 is 1.40 bits per heavy atom. The Bertz CT molecular complexity index is 338. The molecule has 0 heterocycles. The van der Waals surface area contributed by atoms with Crippen molar-refractivity contribution in [3.63, 3.8) is 0 Å². The zero-order chi connectivity index (χ0) is 11.1. The van der Waals surface area contributed by atoms with Gasteiger partial charge in [-0.3, -0.25) is 4.79 Å². The molecule has 0 atom stereocenters. The summed E-state index contributed by atoms with van der Waals surface area (Å²) in [6.45, 7) is 0. The van der Waals surface area contributed by atoms with Gasteiger partial charge in [0.05, 0.1) is 7.11 Å². The van der Waals surface area contributed by atoms with Crippen LogP contribution in [0.2, 0.25) is 0 Å². The van der Waals surface area contributed by atoms with Crippen molar-refractivity contribution < 1.29 is 14.6 Å². The van der Waals surface area contributed by atoms with Crippen molar-refractivity contribution >= 4 is 12.0 Å². The molecule has 0 saturated carbocycles. The molecule has 0 aliphatic rings. The molecular weight excluding hydrogens is 192 g/mol. The third-order valence-corrected chi connectivity index (χ3v) is 1.95. The first-order valence-corrected chi connectivity index (χ1v) is 4.75. The molecule has 0 aliphatic heterocycles. The molecule has 0 fully saturated rings. The second kappa shape index (κ2) is 5.86. The number of allylic oxidation sites excluding steroid dienone is 1. The van der Waals surface area contributed by atoms with E-state index in [2.05, 4.69) is 0 Å². The molecule has 0 unspecified atom stereocenters. The lowest BCUT2D eigenvalue weighted by atomic mass is 10.2. The summed E-state index contributed by atoms with van der Waals surface area (Å²) < 4.78 is 5.02. The minimum atomic E-state index is -0.769. The maximum Gasteiger partial charge on any atom is 0.303 e. The van der Waals surface area contributed by atoms with Crippen molar-refractivity contribution in [1.29, 1.82) is 0 Å². The Morgan fingerprint density at radius 3 is 2.60 bits per heavy atom. The molecule has 15 heavy (non-hydrogen) atoms. The fraction of sp³-hybridized carbons (Fsp3) is 0.250. The minimum absolute atomic E-state index is 0.173. The van der Waals surface area contributed by atoms with E-state index in [0.717, 1.165) is 11.3 Å². The number of hydrogen-bond donors (Lipinski definition) is 1. The standard InChI is InChI=1S/C12H14O3/c1-15-11-8-6-10(7-9-11)4-2-3-5-12(13)14/h2,4,6-9H,3,5H2,1H3,(H,13,14)/b4-2+. The van der Waals surface area contributed by atoms with Gasteiger partial charge in [0.2, 0.25) is 0 Å². The van der Waals surface area contributed by atoms with Crippen molar-refractivity contribution in [2.45, 2.75) is 12.8 Å². The van der Waals surface area contributed by atoms with Crippen molar-refractivity contribution in [1.82, 2.24) is 0 Å². The lowest BCUT2D eigenvalue weighted by Crippen LogP contribution is -1.91. The smallest absolute Gasteiger partial charge is 0.303 e. The molecule has 0 bridgehead atoms. The number of rotatable bonds is 5. The third-order valence-electron chi connectivity index (χ3n) is 1.95. The summed E-state index contributed by atoms with van der Waals surface area (Å²) in [5, 5.41) is 8.43. The third kappa shape index (κ3) is 4.31. The van der Waals surface area contributed by atoms with Crippen LogP contribution in [0.25, 0.3) is 6.08 Å². The molecular formula is C12H14O3. The number of ether oxygens (including phenoxy) is 1. The number of aliphatic carboxylic acids is 1. The normalized spacial score (nSPS) is 10.5. The summed E-state index contributed by atoms with van der Waals surface area (Å²) in [7, 11) is 1.62. The van der Waals surface area contributed by atoms with Crippen LogP contribution in [0.1, 0.15) is 18.4 Å². The molecule has 1 aromatic rings. The first kappa shape index (κ1) is 11.3. The Labute approximate surface area is 89.0 Å². The van der Waals surface area contributed by atoms with Gasteiger partial charge in [0.1, 0.15) is 5.75 Å². The van der Waals surface area contributed by atoms with Gasteiger partial charge in [0.25, 0.3) is 0 Å². The summed E-state index contributed by atoms with van der Waals surface area (Å²) >= 11 is 0. The van der Waals surface area contributed by atoms with Crippen LogP contribution in [0.15, 0.2) is 30.3 Å². The fourth-order valence-corrected chi connectivity index (χ4v) is 1.14. The Kier molecular flexibility index (Phi) is 4.41. The van der Waals surface area contributed by atoms with E-state index in [0.29, 0.717) is 6.42 Å². The van der Waals surface area contributed by atoms with Crippen LogP contribution in [0, 0.1) is 0 Å². The van der Waals surface area contributed by atoms with Crippen molar-refractivity contribution in [2.24, 2.45) is 0 Å². The van der Waals surface area contributed by atoms with Crippen molar-refractivity contribution in [3.05, 3.63) is 35.9 Å². The average molecular weight is 206 g/mol. The van der Waals surface area contributed by atoms with Gasteiger partial charge in [0.15, 0.2) is 0 Å². The van der Waals surface area contributed by atoms with E-state index in [1.54, 1.807) is 7.11 Å². The molecule has 0 spiro atoms. The summed E-state index contributed by atoms with van der Waals surface area (Å²) in [5.41, 5.74) is 1.04. The maximum absolute atomic E-state index is 10.2. The highest BCUT2D eigenvalue weighted by Crippen LogP contribution is 2.12. The molecule has 1 aromatic carbocycles. The van der Waals surface area contributed by atoms with E-state index in [-0.39, 0.29) is 6.42 Å². The Balaban J connectivity index is 2.46. The molecule has 0 aromatic heterocycles. The molecule has 3 nitrogen and oxygen atoms in total. The Morgan fingerprint density at radius 2 is 2.07 bits per heavy atom. The van der Waals surface area contributed by atoms with Crippen molar-refractivity contribution in [2.75, 3.05) is 7.11 Å². The van der Waals surface area contributed by atoms with E-state index in [1.807, 2.05) is 36.4 Å². The average Bonchev–Trinajstić information content (AvgIpc) is 2.25. The fourth-order valence-electron chi connectivity index (χ4n) is 1.14. The van der Waals surface area contributed by atoms with Crippen LogP contribution in [-0.2, 0) is 4.79 Å². The summed E-state index contributed by atoms with van der Waals surface area (Å²) in [6, 6.07) is 7.60. The second-order valence-electron chi connectivity index (χ2n) is 3.11.